The summed E-state index contributed by atoms with van der Waals surface area (Å²) in [5, 5.41) is 0.565. The van der Waals surface area contributed by atoms with E-state index in [4.69, 9.17) is 16.3 Å². The summed E-state index contributed by atoms with van der Waals surface area (Å²) in [5.41, 5.74) is 3.12. The lowest BCUT2D eigenvalue weighted by molar-refractivity contribution is 0.00697. The van der Waals surface area contributed by atoms with E-state index in [1.165, 1.54) is 12.1 Å². The highest BCUT2D eigenvalue weighted by molar-refractivity contribution is 6.31. The van der Waals surface area contributed by atoms with Crippen molar-refractivity contribution in [1.82, 2.24) is 14.5 Å². The van der Waals surface area contributed by atoms with Crippen LogP contribution in [-0.2, 0) is 17.2 Å². The number of likely N-dealkylation sites (tertiary alicyclic amines) is 1. The molecule has 4 rings (SSSR count). The Balaban J connectivity index is 1.63. The minimum Gasteiger partial charge on any atom is -0.373 e. The Hall–Kier alpha value is -2.15. The van der Waals surface area contributed by atoms with E-state index in [9.17, 15) is 9.18 Å². The molecule has 1 fully saturated rings. The monoisotopic (exact) mass is 431 g/mol. The molecule has 1 aliphatic rings. The molecule has 0 spiro atoms. The van der Waals surface area contributed by atoms with Crippen molar-refractivity contribution < 1.29 is 9.13 Å². The minimum absolute atomic E-state index is 0.170. The van der Waals surface area contributed by atoms with Gasteiger partial charge >= 0.3 is 5.69 Å². The number of benzene rings is 2. The Kier molecular flexibility index (Phi) is 5.75. The number of nitrogens with zero attached hydrogens (tertiary/aromatic N) is 2. The number of nitrogens with one attached hydrogen (secondary N) is 1. The zero-order valence-corrected chi connectivity index (χ0v) is 18.3. The SMILES string of the molecule is CC(OCC1(c2ccc(F)cc2)CCN(C)CC1)c1cc(Cl)cc2c1[nH]c(=O)n2C. The Bertz CT molecular complexity index is 1100. The van der Waals surface area contributed by atoms with Crippen LogP contribution in [0.4, 0.5) is 4.39 Å². The van der Waals surface area contributed by atoms with Gasteiger partial charge in [-0.3, -0.25) is 4.57 Å². The van der Waals surface area contributed by atoms with E-state index >= 15 is 0 Å². The molecule has 1 aromatic heterocycles. The summed E-state index contributed by atoms with van der Waals surface area (Å²) in [6.45, 7) is 4.41. The lowest BCUT2D eigenvalue weighted by atomic mass is 9.73. The number of imidazole rings is 1. The van der Waals surface area contributed by atoms with Crippen LogP contribution in [0.2, 0.25) is 5.02 Å². The van der Waals surface area contributed by atoms with Gasteiger partial charge in [-0.25, -0.2) is 9.18 Å². The number of fused-ring (bicyclic) bond motifs is 1. The van der Waals surface area contributed by atoms with E-state index in [2.05, 4.69) is 16.9 Å². The van der Waals surface area contributed by atoms with Crippen molar-refractivity contribution in [3.05, 3.63) is 68.8 Å². The van der Waals surface area contributed by atoms with Crippen molar-refractivity contribution in [2.75, 3.05) is 26.7 Å². The second kappa shape index (κ2) is 8.17. The number of aromatic nitrogens is 2. The fraction of sp³-hybridized carbons (Fsp3) is 0.435. The summed E-state index contributed by atoms with van der Waals surface area (Å²) in [6.07, 6.45) is 1.62. The second-order valence-electron chi connectivity index (χ2n) is 8.42. The fourth-order valence-electron chi connectivity index (χ4n) is 4.38. The molecular formula is C23H27ClFN3O2. The average molecular weight is 432 g/mol. The normalized spacial score (nSPS) is 18.0. The first-order chi connectivity index (χ1) is 14.3. The van der Waals surface area contributed by atoms with Crippen molar-refractivity contribution in [2.24, 2.45) is 7.05 Å². The highest BCUT2D eigenvalue weighted by atomic mass is 35.5. The predicted molar refractivity (Wildman–Crippen MR) is 118 cm³/mol. The Morgan fingerprint density at radius 2 is 1.87 bits per heavy atom. The van der Waals surface area contributed by atoms with Crippen LogP contribution in [0.1, 0.15) is 37.0 Å². The fourth-order valence-corrected chi connectivity index (χ4v) is 4.60. The van der Waals surface area contributed by atoms with Crippen LogP contribution < -0.4 is 5.69 Å². The van der Waals surface area contributed by atoms with Gasteiger partial charge < -0.3 is 14.6 Å². The summed E-state index contributed by atoms with van der Waals surface area (Å²) in [6, 6.07) is 10.4. The van der Waals surface area contributed by atoms with Gasteiger partial charge in [0.1, 0.15) is 5.82 Å². The van der Waals surface area contributed by atoms with Gasteiger partial charge in [0, 0.05) is 23.0 Å². The molecule has 1 saturated heterocycles. The van der Waals surface area contributed by atoms with Crippen molar-refractivity contribution in [1.29, 1.82) is 0 Å². The maximum absolute atomic E-state index is 13.5. The molecule has 1 N–H and O–H groups in total. The minimum atomic E-state index is -0.263. The highest BCUT2D eigenvalue weighted by Crippen LogP contribution is 2.38. The quantitative estimate of drug-likeness (QED) is 0.651. The summed E-state index contributed by atoms with van der Waals surface area (Å²) in [7, 11) is 3.83. The molecule has 0 bridgehead atoms. The van der Waals surface area contributed by atoms with Gasteiger partial charge in [0.2, 0.25) is 0 Å². The molecule has 5 nitrogen and oxygen atoms in total. The zero-order valence-electron chi connectivity index (χ0n) is 17.5. The number of piperidine rings is 1. The summed E-state index contributed by atoms with van der Waals surface area (Å²) in [5.74, 6) is -0.231. The van der Waals surface area contributed by atoms with Crippen LogP contribution in [0.25, 0.3) is 11.0 Å². The van der Waals surface area contributed by atoms with Crippen LogP contribution in [0.15, 0.2) is 41.2 Å². The average Bonchev–Trinajstić information content (AvgIpc) is 3.01. The van der Waals surface area contributed by atoms with Gasteiger partial charge in [0.25, 0.3) is 0 Å². The maximum Gasteiger partial charge on any atom is 0.326 e. The smallest absolute Gasteiger partial charge is 0.326 e. The number of rotatable bonds is 5. The number of hydrogen-bond acceptors (Lipinski definition) is 3. The summed E-state index contributed by atoms with van der Waals surface area (Å²) < 4.78 is 21.5. The van der Waals surface area contributed by atoms with Gasteiger partial charge in [0.15, 0.2) is 0 Å². The number of aromatic amines is 1. The summed E-state index contributed by atoms with van der Waals surface area (Å²) in [4.78, 5) is 17.3. The number of halogens is 2. The Morgan fingerprint density at radius 3 is 2.53 bits per heavy atom. The lowest BCUT2D eigenvalue weighted by Gasteiger charge is -2.41. The molecule has 1 aliphatic heterocycles. The molecule has 0 aliphatic carbocycles. The number of hydrogen-bond donors (Lipinski definition) is 1. The Labute approximate surface area is 180 Å². The van der Waals surface area contributed by atoms with Crippen LogP contribution in [0.5, 0.6) is 0 Å². The molecule has 3 aromatic rings. The topological polar surface area (TPSA) is 50.3 Å². The number of H-pyrrole nitrogens is 1. The van der Waals surface area contributed by atoms with Gasteiger partial charge in [-0.2, -0.15) is 0 Å². The van der Waals surface area contributed by atoms with E-state index in [0.717, 1.165) is 48.1 Å². The van der Waals surface area contributed by atoms with Gasteiger partial charge in [-0.05, 0) is 69.7 Å². The molecule has 2 heterocycles. The maximum atomic E-state index is 13.5. The highest BCUT2D eigenvalue weighted by Gasteiger charge is 2.36. The first-order valence-corrected chi connectivity index (χ1v) is 10.6. The van der Waals surface area contributed by atoms with Crippen LogP contribution in [-0.4, -0.2) is 41.2 Å². The third kappa shape index (κ3) is 3.92. The van der Waals surface area contributed by atoms with Crippen LogP contribution in [0.3, 0.4) is 0 Å². The number of ether oxygens (including phenoxy) is 1. The van der Waals surface area contributed by atoms with Crippen molar-refractivity contribution >= 4 is 22.6 Å². The van der Waals surface area contributed by atoms with E-state index in [-0.39, 0.29) is 23.0 Å². The first-order valence-electron chi connectivity index (χ1n) is 10.2. The number of aryl methyl sites for hydroxylation is 1. The standard InChI is InChI=1S/C23H27ClFN3O2/c1-15(19-12-17(24)13-20-21(19)26-22(29)28(20)3)30-14-23(8-10-27(2)11-9-23)16-4-6-18(25)7-5-16/h4-7,12-13,15H,8-11,14H2,1-3H3,(H,26,29). The van der Waals surface area contributed by atoms with Gasteiger partial charge in [0.05, 0.1) is 23.7 Å². The summed E-state index contributed by atoms with van der Waals surface area (Å²) >= 11 is 6.33. The van der Waals surface area contributed by atoms with Gasteiger partial charge in [-0.15, -0.1) is 0 Å². The van der Waals surface area contributed by atoms with E-state index in [0.29, 0.717) is 11.6 Å². The van der Waals surface area contributed by atoms with Crippen molar-refractivity contribution in [3.8, 4) is 0 Å². The third-order valence-corrected chi connectivity index (χ3v) is 6.68. The van der Waals surface area contributed by atoms with Crippen LogP contribution >= 0.6 is 11.6 Å². The second-order valence-corrected chi connectivity index (χ2v) is 8.86. The van der Waals surface area contributed by atoms with Crippen molar-refractivity contribution in [3.63, 3.8) is 0 Å². The largest absolute Gasteiger partial charge is 0.373 e. The molecule has 0 radical (unpaired) electrons. The molecular weight excluding hydrogens is 405 g/mol. The molecule has 0 amide bonds. The van der Waals surface area contributed by atoms with Gasteiger partial charge in [-0.1, -0.05) is 23.7 Å². The van der Waals surface area contributed by atoms with Crippen molar-refractivity contribution in [2.45, 2.75) is 31.3 Å². The lowest BCUT2D eigenvalue weighted by Crippen LogP contribution is -2.44. The van der Waals surface area contributed by atoms with Crippen LogP contribution in [0, 0.1) is 5.82 Å². The molecule has 1 atom stereocenters. The van der Waals surface area contributed by atoms with E-state index in [1.54, 1.807) is 17.7 Å². The zero-order chi connectivity index (χ0) is 21.5. The third-order valence-electron chi connectivity index (χ3n) is 6.46. The molecule has 160 valence electrons. The molecule has 30 heavy (non-hydrogen) atoms. The molecule has 0 saturated carbocycles. The van der Waals surface area contributed by atoms with E-state index < -0.39 is 0 Å². The Morgan fingerprint density at radius 1 is 1.20 bits per heavy atom. The first kappa shape index (κ1) is 21.1. The molecule has 2 aromatic carbocycles. The molecule has 7 heteroatoms. The predicted octanol–water partition coefficient (Wildman–Crippen LogP) is 4.40. The molecule has 1 unspecified atom stereocenters. The van der Waals surface area contributed by atoms with E-state index in [1.807, 2.05) is 25.1 Å².